The Morgan fingerprint density at radius 1 is 1.35 bits per heavy atom. The molecule has 3 heterocycles. The number of rotatable bonds is 2. The number of hydrogen-bond acceptors (Lipinski definition) is 5. The van der Waals surface area contributed by atoms with Crippen molar-refractivity contribution in [2.75, 3.05) is 4.90 Å². The second kappa shape index (κ2) is 5.65. The first kappa shape index (κ1) is 13.8. The van der Waals surface area contributed by atoms with Crippen molar-refractivity contribution in [3.63, 3.8) is 0 Å². The van der Waals surface area contributed by atoms with Crippen LogP contribution in [-0.4, -0.2) is 15.2 Å². The van der Waals surface area contributed by atoms with Crippen LogP contribution in [0.4, 0.5) is 5.69 Å². The van der Waals surface area contributed by atoms with Gasteiger partial charge in [-0.15, -0.1) is 11.3 Å². The summed E-state index contributed by atoms with van der Waals surface area (Å²) in [5, 5.41) is 0. The Morgan fingerprint density at radius 2 is 2.20 bits per heavy atom. The van der Waals surface area contributed by atoms with E-state index >= 15 is 0 Å². The van der Waals surface area contributed by atoms with Crippen LogP contribution in [0.25, 0.3) is 6.08 Å². The molecule has 1 aliphatic rings. The van der Waals surface area contributed by atoms with Crippen molar-refractivity contribution in [2.45, 2.75) is 0 Å². The molecule has 1 fully saturated rings. The predicted octanol–water partition coefficient (Wildman–Crippen LogP) is 4.20. The third-order valence-electron chi connectivity index (χ3n) is 2.57. The minimum atomic E-state index is -0.127. The number of aromatic nitrogens is 1. The predicted molar refractivity (Wildman–Crippen MR) is 89.2 cm³/mol. The smallest absolute Gasteiger partial charge is 0.268 e. The number of amides is 1. The number of pyridine rings is 1. The minimum Gasteiger partial charge on any atom is -0.268 e. The van der Waals surface area contributed by atoms with E-state index in [-0.39, 0.29) is 5.91 Å². The number of hydrogen-bond donors (Lipinski definition) is 0. The molecular formula is C13H7ClN2OS3. The molecule has 0 aromatic carbocycles. The molecular weight excluding hydrogens is 332 g/mol. The summed E-state index contributed by atoms with van der Waals surface area (Å²) in [5.41, 5.74) is 0.683. The number of thioether (sulfide) groups is 1. The van der Waals surface area contributed by atoms with E-state index in [1.807, 2.05) is 18.2 Å². The van der Waals surface area contributed by atoms with E-state index in [4.69, 9.17) is 23.8 Å². The number of thiophene rings is 1. The van der Waals surface area contributed by atoms with Gasteiger partial charge in [0.25, 0.3) is 5.91 Å². The summed E-state index contributed by atoms with van der Waals surface area (Å²) in [4.78, 5) is 19.5. The van der Waals surface area contributed by atoms with Gasteiger partial charge in [-0.05, 0) is 30.3 Å². The molecule has 0 unspecified atom stereocenters. The maximum absolute atomic E-state index is 12.4. The van der Waals surface area contributed by atoms with E-state index in [1.165, 1.54) is 28.0 Å². The van der Waals surface area contributed by atoms with Gasteiger partial charge >= 0.3 is 0 Å². The first-order chi connectivity index (χ1) is 9.65. The molecule has 1 aliphatic heterocycles. The summed E-state index contributed by atoms with van der Waals surface area (Å²) in [6, 6.07) is 7.27. The van der Waals surface area contributed by atoms with Crippen LogP contribution in [0, 0.1) is 0 Å². The van der Waals surface area contributed by atoms with Crippen LogP contribution in [0.1, 0.15) is 4.88 Å². The number of carbonyl (C=O) groups excluding carboxylic acids is 1. The number of anilines is 1. The molecule has 7 heteroatoms. The Balaban J connectivity index is 1.93. The Kier molecular flexibility index (Phi) is 3.89. The second-order valence-electron chi connectivity index (χ2n) is 3.87. The number of thiocarbonyl (C=S) groups is 1. The van der Waals surface area contributed by atoms with Crippen LogP contribution in [0.15, 0.2) is 41.6 Å². The SMILES string of the molecule is O=C1/C(=C/c2ccc(Cl)s2)SC(=S)N1c1cccnc1. The van der Waals surface area contributed by atoms with Crippen LogP contribution in [0.2, 0.25) is 4.34 Å². The van der Waals surface area contributed by atoms with Crippen molar-refractivity contribution >= 4 is 68.9 Å². The van der Waals surface area contributed by atoms with Crippen molar-refractivity contribution < 1.29 is 4.79 Å². The first-order valence-electron chi connectivity index (χ1n) is 5.58. The van der Waals surface area contributed by atoms with E-state index in [0.717, 1.165) is 4.88 Å². The highest BCUT2D eigenvalue weighted by molar-refractivity contribution is 8.27. The maximum atomic E-state index is 12.4. The molecule has 1 saturated heterocycles. The maximum Gasteiger partial charge on any atom is 0.270 e. The zero-order valence-corrected chi connectivity index (χ0v) is 13.2. The van der Waals surface area contributed by atoms with Gasteiger partial charge in [0.15, 0.2) is 4.32 Å². The van der Waals surface area contributed by atoms with Crippen molar-refractivity contribution in [3.8, 4) is 0 Å². The summed E-state index contributed by atoms with van der Waals surface area (Å²) >= 11 is 13.9. The molecule has 0 atom stereocenters. The highest BCUT2D eigenvalue weighted by Crippen LogP contribution is 2.36. The minimum absolute atomic E-state index is 0.127. The second-order valence-corrected chi connectivity index (χ2v) is 7.29. The zero-order valence-electron chi connectivity index (χ0n) is 9.95. The molecule has 0 saturated carbocycles. The quantitative estimate of drug-likeness (QED) is 0.607. The molecule has 0 bridgehead atoms. The molecule has 0 aliphatic carbocycles. The van der Waals surface area contributed by atoms with E-state index in [0.29, 0.717) is 19.2 Å². The fourth-order valence-electron chi connectivity index (χ4n) is 1.71. The van der Waals surface area contributed by atoms with Crippen molar-refractivity contribution in [1.82, 2.24) is 4.98 Å². The average molecular weight is 339 g/mol. The normalized spacial score (nSPS) is 17.2. The van der Waals surface area contributed by atoms with Gasteiger partial charge in [0.05, 0.1) is 21.1 Å². The van der Waals surface area contributed by atoms with Crippen LogP contribution < -0.4 is 4.90 Å². The van der Waals surface area contributed by atoms with Gasteiger partial charge in [0.1, 0.15) is 0 Å². The van der Waals surface area contributed by atoms with Gasteiger partial charge < -0.3 is 0 Å². The molecule has 2 aromatic heterocycles. The molecule has 3 nitrogen and oxygen atoms in total. The Bertz CT molecular complexity index is 711. The summed E-state index contributed by atoms with van der Waals surface area (Å²) in [6.45, 7) is 0. The first-order valence-corrected chi connectivity index (χ1v) is 8.00. The molecule has 100 valence electrons. The van der Waals surface area contributed by atoms with Gasteiger partial charge in [-0.1, -0.05) is 35.6 Å². The molecule has 20 heavy (non-hydrogen) atoms. The molecule has 0 radical (unpaired) electrons. The average Bonchev–Trinajstić information content (AvgIpc) is 2.96. The highest BCUT2D eigenvalue weighted by Gasteiger charge is 2.33. The van der Waals surface area contributed by atoms with Crippen molar-refractivity contribution in [1.29, 1.82) is 0 Å². The summed E-state index contributed by atoms with van der Waals surface area (Å²) in [6.07, 6.45) is 5.09. The Hall–Kier alpha value is -1.21. The van der Waals surface area contributed by atoms with Crippen LogP contribution in [-0.2, 0) is 4.79 Å². The largest absolute Gasteiger partial charge is 0.270 e. The molecule has 0 spiro atoms. The summed E-state index contributed by atoms with van der Waals surface area (Å²) in [7, 11) is 0. The van der Waals surface area contributed by atoms with Crippen LogP contribution in [0.3, 0.4) is 0 Å². The monoisotopic (exact) mass is 338 g/mol. The summed E-state index contributed by atoms with van der Waals surface area (Å²) < 4.78 is 1.20. The van der Waals surface area contributed by atoms with E-state index in [9.17, 15) is 4.79 Å². The zero-order chi connectivity index (χ0) is 14.1. The lowest BCUT2D eigenvalue weighted by atomic mass is 10.3. The molecule has 2 aromatic rings. The third-order valence-corrected chi connectivity index (χ3v) is 5.05. The summed E-state index contributed by atoms with van der Waals surface area (Å²) in [5.74, 6) is -0.127. The molecule has 0 N–H and O–H groups in total. The Labute approximate surface area is 134 Å². The van der Waals surface area contributed by atoms with Crippen molar-refractivity contribution in [2.24, 2.45) is 0 Å². The topological polar surface area (TPSA) is 33.2 Å². The number of nitrogens with zero attached hydrogens (tertiary/aromatic N) is 2. The van der Waals surface area contributed by atoms with E-state index < -0.39 is 0 Å². The lowest BCUT2D eigenvalue weighted by Crippen LogP contribution is -2.27. The van der Waals surface area contributed by atoms with Gasteiger partial charge in [-0.2, -0.15) is 0 Å². The molecule has 3 rings (SSSR count). The lowest BCUT2D eigenvalue weighted by molar-refractivity contribution is -0.113. The van der Waals surface area contributed by atoms with Crippen molar-refractivity contribution in [3.05, 3.63) is 50.8 Å². The van der Waals surface area contributed by atoms with E-state index in [1.54, 1.807) is 24.5 Å². The number of halogens is 1. The lowest BCUT2D eigenvalue weighted by Gasteiger charge is -2.13. The third kappa shape index (κ3) is 2.64. The Morgan fingerprint density at radius 3 is 2.85 bits per heavy atom. The number of carbonyl (C=O) groups is 1. The fourth-order valence-corrected chi connectivity index (χ4v) is 4.08. The van der Waals surface area contributed by atoms with Gasteiger partial charge in [-0.25, -0.2) is 0 Å². The van der Waals surface area contributed by atoms with Gasteiger partial charge in [-0.3, -0.25) is 14.7 Å². The van der Waals surface area contributed by atoms with E-state index in [2.05, 4.69) is 4.98 Å². The van der Waals surface area contributed by atoms with Gasteiger partial charge in [0.2, 0.25) is 0 Å². The fraction of sp³-hybridized carbons (Fsp3) is 0. The highest BCUT2D eigenvalue weighted by atomic mass is 35.5. The van der Waals surface area contributed by atoms with Gasteiger partial charge in [0, 0.05) is 11.1 Å². The van der Waals surface area contributed by atoms with Crippen LogP contribution in [0.5, 0.6) is 0 Å². The standard InChI is InChI=1S/C13H7ClN2OS3/c14-11-4-3-9(19-11)6-10-12(17)16(13(18)20-10)8-2-1-5-15-7-8/h1-7H/b10-6-. The molecule has 1 amide bonds. The van der Waals surface area contributed by atoms with Crippen LogP contribution >= 0.6 is 46.9 Å².